The Balaban J connectivity index is 2.35. The van der Waals surface area contributed by atoms with E-state index in [1.54, 1.807) is 11.0 Å². The smallest absolute Gasteiger partial charge is 0.254 e. The van der Waals surface area contributed by atoms with Crippen LogP contribution in [-0.2, 0) is 6.54 Å². The summed E-state index contributed by atoms with van der Waals surface area (Å²) in [6.45, 7) is 0.746. The van der Waals surface area contributed by atoms with Gasteiger partial charge in [-0.3, -0.25) is 4.79 Å². The molecule has 5 heteroatoms. The number of rotatable bonds is 2. The minimum absolute atomic E-state index is 0.0369. The Labute approximate surface area is 86.1 Å². The molecule has 0 atom stereocenters. The van der Waals surface area contributed by atoms with E-state index in [1.165, 1.54) is 6.20 Å². The van der Waals surface area contributed by atoms with Crippen molar-refractivity contribution < 1.29 is 9.90 Å². The molecule has 0 saturated heterocycles. The largest absolute Gasteiger partial charge is 0.395 e. The highest BCUT2D eigenvalue weighted by Crippen LogP contribution is 2.26. The van der Waals surface area contributed by atoms with E-state index in [0.717, 1.165) is 5.56 Å². The fourth-order valence-corrected chi connectivity index (χ4v) is 1.77. The van der Waals surface area contributed by atoms with Crippen molar-refractivity contribution in [1.82, 2.24) is 9.88 Å². The van der Waals surface area contributed by atoms with Gasteiger partial charge in [0.1, 0.15) is 5.15 Å². The van der Waals surface area contributed by atoms with Gasteiger partial charge in [0.2, 0.25) is 0 Å². The topological polar surface area (TPSA) is 53.4 Å². The Morgan fingerprint density at radius 2 is 2.43 bits per heavy atom. The van der Waals surface area contributed by atoms with Crippen molar-refractivity contribution in [3.63, 3.8) is 0 Å². The maximum Gasteiger partial charge on any atom is 0.254 e. The van der Waals surface area contributed by atoms with Crippen LogP contribution in [0.15, 0.2) is 12.3 Å². The second-order valence-electron chi connectivity index (χ2n) is 3.08. The lowest BCUT2D eigenvalue weighted by Gasteiger charge is -2.12. The van der Waals surface area contributed by atoms with Crippen molar-refractivity contribution in [3.05, 3.63) is 28.5 Å². The first-order valence-electron chi connectivity index (χ1n) is 4.27. The van der Waals surface area contributed by atoms with Crippen LogP contribution in [0.1, 0.15) is 15.9 Å². The predicted molar refractivity (Wildman–Crippen MR) is 51.1 cm³/mol. The maximum absolute atomic E-state index is 11.7. The van der Waals surface area contributed by atoms with Crippen molar-refractivity contribution >= 4 is 17.5 Å². The van der Waals surface area contributed by atoms with Gasteiger partial charge in [-0.15, -0.1) is 0 Å². The number of amides is 1. The molecular weight excluding hydrogens is 204 g/mol. The molecule has 0 fully saturated rings. The molecule has 0 bridgehead atoms. The van der Waals surface area contributed by atoms with Crippen molar-refractivity contribution in [3.8, 4) is 0 Å². The van der Waals surface area contributed by atoms with Crippen LogP contribution in [0, 0.1) is 0 Å². The molecule has 1 aliphatic heterocycles. The van der Waals surface area contributed by atoms with Crippen molar-refractivity contribution in [2.75, 3.05) is 13.2 Å². The second-order valence-corrected chi connectivity index (χ2v) is 3.44. The van der Waals surface area contributed by atoms with Gasteiger partial charge in [-0.25, -0.2) is 4.98 Å². The molecule has 14 heavy (non-hydrogen) atoms. The number of β-amino-alcohol motifs (C(OH)–C–C–N with tert-alkyl or cyclic N) is 1. The Bertz CT molecular complexity index is 381. The molecule has 4 nitrogen and oxygen atoms in total. The summed E-state index contributed by atoms with van der Waals surface area (Å²) in [5.41, 5.74) is 1.35. The van der Waals surface area contributed by atoms with Gasteiger partial charge in [-0.1, -0.05) is 11.6 Å². The molecule has 1 N–H and O–H groups in total. The van der Waals surface area contributed by atoms with E-state index in [1.807, 2.05) is 0 Å². The Kier molecular flexibility index (Phi) is 2.39. The Morgan fingerprint density at radius 3 is 3.07 bits per heavy atom. The highest BCUT2D eigenvalue weighted by molar-refractivity contribution is 6.30. The summed E-state index contributed by atoms with van der Waals surface area (Å²) < 4.78 is 0. The number of fused-ring (bicyclic) bond motifs is 1. The highest BCUT2D eigenvalue weighted by atomic mass is 35.5. The van der Waals surface area contributed by atoms with Crippen LogP contribution in [0.4, 0.5) is 0 Å². The third kappa shape index (κ3) is 1.36. The van der Waals surface area contributed by atoms with Crippen LogP contribution in [0.2, 0.25) is 5.15 Å². The lowest BCUT2D eigenvalue weighted by molar-refractivity contribution is 0.0745. The minimum atomic E-state index is -0.0849. The van der Waals surface area contributed by atoms with Gasteiger partial charge in [0, 0.05) is 30.4 Å². The van der Waals surface area contributed by atoms with E-state index in [-0.39, 0.29) is 12.5 Å². The van der Waals surface area contributed by atoms with Crippen LogP contribution in [0.5, 0.6) is 0 Å². The number of hydrogen-bond donors (Lipinski definition) is 1. The van der Waals surface area contributed by atoms with Crippen molar-refractivity contribution in [1.29, 1.82) is 0 Å². The fourth-order valence-electron chi connectivity index (χ4n) is 1.55. The molecular formula is C9H9ClN2O2. The van der Waals surface area contributed by atoms with Crippen LogP contribution in [0.3, 0.4) is 0 Å². The first-order valence-corrected chi connectivity index (χ1v) is 4.65. The van der Waals surface area contributed by atoms with Gasteiger partial charge in [0.05, 0.1) is 6.61 Å². The number of aromatic nitrogens is 1. The highest BCUT2D eigenvalue weighted by Gasteiger charge is 2.28. The summed E-state index contributed by atoms with van der Waals surface area (Å²) in [6, 6.07) is 1.65. The fraction of sp³-hybridized carbons (Fsp3) is 0.333. The van der Waals surface area contributed by atoms with Crippen LogP contribution >= 0.6 is 11.6 Å². The van der Waals surface area contributed by atoms with Gasteiger partial charge in [-0.2, -0.15) is 0 Å². The molecule has 0 radical (unpaired) electrons. The van der Waals surface area contributed by atoms with Gasteiger partial charge >= 0.3 is 0 Å². The third-order valence-electron chi connectivity index (χ3n) is 2.24. The molecule has 0 aromatic carbocycles. The van der Waals surface area contributed by atoms with E-state index >= 15 is 0 Å². The van der Waals surface area contributed by atoms with Gasteiger partial charge < -0.3 is 10.0 Å². The zero-order valence-electron chi connectivity index (χ0n) is 7.40. The van der Waals surface area contributed by atoms with Crippen molar-refractivity contribution in [2.45, 2.75) is 6.54 Å². The number of hydrogen-bond acceptors (Lipinski definition) is 3. The van der Waals surface area contributed by atoms with Crippen molar-refractivity contribution in [2.24, 2.45) is 0 Å². The molecule has 1 aliphatic rings. The zero-order valence-corrected chi connectivity index (χ0v) is 8.16. The summed E-state index contributed by atoms with van der Waals surface area (Å²) in [7, 11) is 0. The molecule has 2 rings (SSSR count). The standard InChI is InChI=1S/C9H9ClN2O2/c10-8-7-5-12(3-4-13)9(14)6(7)1-2-11-8/h1-2,13H,3-5H2. The van der Waals surface area contributed by atoms with Gasteiger partial charge in [-0.05, 0) is 6.07 Å². The first-order chi connectivity index (χ1) is 6.74. The monoisotopic (exact) mass is 212 g/mol. The lowest BCUT2D eigenvalue weighted by atomic mass is 10.2. The summed E-state index contributed by atoms with van der Waals surface area (Å²) in [5, 5.41) is 9.12. The maximum atomic E-state index is 11.7. The summed E-state index contributed by atoms with van der Waals surface area (Å²) >= 11 is 5.85. The summed E-state index contributed by atoms with van der Waals surface area (Å²) in [6.07, 6.45) is 1.52. The number of carbonyl (C=O) groups is 1. The number of halogens is 1. The third-order valence-corrected chi connectivity index (χ3v) is 2.57. The molecule has 0 aliphatic carbocycles. The minimum Gasteiger partial charge on any atom is -0.395 e. The predicted octanol–water partition coefficient (Wildman–Crippen LogP) is 0.683. The number of aliphatic hydroxyl groups is 1. The first kappa shape index (κ1) is 9.43. The van der Waals surface area contributed by atoms with E-state index in [9.17, 15) is 4.79 Å². The molecule has 2 heterocycles. The van der Waals surface area contributed by atoms with E-state index < -0.39 is 0 Å². The SMILES string of the molecule is O=C1c2ccnc(Cl)c2CN1CCO. The second kappa shape index (κ2) is 3.55. The molecule has 1 aromatic rings. The Morgan fingerprint density at radius 1 is 1.64 bits per heavy atom. The van der Waals surface area contributed by atoms with Crippen LogP contribution in [-0.4, -0.2) is 34.0 Å². The normalized spacial score (nSPS) is 14.7. The number of aliphatic hydroxyl groups excluding tert-OH is 1. The molecule has 0 unspecified atom stereocenters. The average molecular weight is 213 g/mol. The van der Waals surface area contributed by atoms with Gasteiger partial charge in [0.25, 0.3) is 5.91 Å². The summed E-state index contributed by atoms with van der Waals surface area (Å²) in [5.74, 6) is -0.0849. The van der Waals surface area contributed by atoms with E-state index in [4.69, 9.17) is 16.7 Å². The van der Waals surface area contributed by atoms with Crippen LogP contribution < -0.4 is 0 Å². The zero-order chi connectivity index (χ0) is 10.1. The van der Waals surface area contributed by atoms with Crippen LogP contribution in [0.25, 0.3) is 0 Å². The summed E-state index contributed by atoms with van der Waals surface area (Å²) in [4.78, 5) is 17.1. The Hall–Kier alpha value is -1.13. The van der Waals surface area contributed by atoms with E-state index in [2.05, 4.69) is 4.98 Å². The lowest BCUT2D eigenvalue weighted by Crippen LogP contribution is -2.26. The number of pyridine rings is 1. The average Bonchev–Trinajstić information content (AvgIpc) is 2.48. The molecule has 0 spiro atoms. The van der Waals surface area contributed by atoms with E-state index in [0.29, 0.717) is 23.8 Å². The molecule has 1 aromatic heterocycles. The number of carbonyl (C=O) groups excluding carboxylic acids is 1. The quantitative estimate of drug-likeness (QED) is 0.734. The molecule has 0 saturated carbocycles. The molecule has 1 amide bonds. The number of nitrogens with zero attached hydrogens (tertiary/aromatic N) is 2. The van der Waals surface area contributed by atoms with Gasteiger partial charge in [0.15, 0.2) is 0 Å². The molecule has 74 valence electrons.